The van der Waals surface area contributed by atoms with E-state index in [1.54, 1.807) is 18.2 Å². The number of aryl methyl sites for hydroxylation is 1. The Morgan fingerprint density at radius 3 is 2.68 bits per heavy atom. The molecule has 3 rings (SSSR count). The van der Waals surface area contributed by atoms with Crippen LogP contribution in [0.3, 0.4) is 0 Å². The van der Waals surface area contributed by atoms with Crippen molar-refractivity contribution in [3.05, 3.63) is 58.4 Å². The SMILES string of the molecule is O=C1CCCc2cc(-c3cc(Cl)ccc3F)ccc21. The zero-order valence-corrected chi connectivity index (χ0v) is 11.0. The summed E-state index contributed by atoms with van der Waals surface area (Å²) in [7, 11) is 0. The Labute approximate surface area is 116 Å². The number of Topliss-reactive ketones (excluding diaryl/α,β-unsaturated/α-hetero) is 1. The molecule has 0 saturated heterocycles. The van der Waals surface area contributed by atoms with Crippen LogP contribution < -0.4 is 0 Å². The number of carbonyl (C=O) groups is 1. The van der Waals surface area contributed by atoms with Gasteiger partial charge in [0.05, 0.1) is 0 Å². The van der Waals surface area contributed by atoms with Gasteiger partial charge in [-0.15, -0.1) is 0 Å². The van der Waals surface area contributed by atoms with E-state index < -0.39 is 0 Å². The van der Waals surface area contributed by atoms with E-state index in [2.05, 4.69) is 0 Å². The summed E-state index contributed by atoms with van der Waals surface area (Å²) in [4.78, 5) is 11.8. The molecular weight excluding hydrogens is 263 g/mol. The average molecular weight is 275 g/mol. The summed E-state index contributed by atoms with van der Waals surface area (Å²) in [6.07, 6.45) is 2.35. The molecule has 0 spiro atoms. The van der Waals surface area contributed by atoms with Gasteiger partial charge in [0.1, 0.15) is 5.82 Å². The highest BCUT2D eigenvalue weighted by molar-refractivity contribution is 6.30. The second kappa shape index (κ2) is 4.78. The minimum Gasteiger partial charge on any atom is -0.294 e. The number of carbonyl (C=O) groups excluding carboxylic acids is 1. The molecule has 0 amide bonds. The Bertz CT molecular complexity index is 664. The van der Waals surface area contributed by atoms with E-state index in [0.717, 1.165) is 29.5 Å². The van der Waals surface area contributed by atoms with Crippen LogP contribution >= 0.6 is 11.6 Å². The molecule has 1 aliphatic rings. The highest BCUT2D eigenvalue weighted by Crippen LogP contribution is 2.30. The van der Waals surface area contributed by atoms with E-state index in [0.29, 0.717) is 17.0 Å². The van der Waals surface area contributed by atoms with Crippen molar-refractivity contribution >= 4 is 17.4 Å². The van der Waals surface area contributed by atoms with Crippen LogP contribution in [0.2, 0.25) is 5.02 Å². The van der Waals surface area contributed by atoms with E-state index in [4.69, 9.17) is 11.6 Å². The van der Waals surface area contributed by atoms with Gasteiger partial charge in [-0.2, -0.15) is 0 Å². The second-order valence-electron chi connectivity index (χ2n) is 4.77. The Kier molecular flexibility index (Phi) is 3.11. The van der Waals surface area contributed by atoms with Crippen molar-refractivity contribution < 1.29 is 9.18 Å². The summed E-state index contributed by atoms with van der Waals surface area (Å²) in [6, 6.07) is 10.00. The van der Waals surface area contributed by atoms with Crippen LogP contribution in [-0.2, 0) is 6.42 Å². The van der Waals surface area contributed by atoms with Crippen LogP contribution in [0.5, 0.6) is 0 Å². The largest absolute Gasteiger partial charge is 0.294 e. The maximum Gasteiger partial charge on any atom is 0.163 e. The lowest BCUT2D eigenvalue weighted by molar-refractivity contribution is 0.0972. The average Bonchev–Trinajstić information content (AvgIpc) is 2.41. The summed E-state index contributed by atoms with van der Waals surface area (Å²) < 4.78 is 13.8. The minimum absolute atomic E-state index is 0.180. The molecule has 3 heteroatoms. The fourth-order valence-corrected chi connectivity index (χ4v) is 2.70. The zero-order chi connectivity index (χ0) is 13.4. The van der Waals surface area contributed by atoms with Crippen LogP contribution in [0.15, 0.2) is 36.4 Å². The van der Waals surface area contributed by atoms with Gasteiger partial charge in [-0.3, -0.25) is 4.79 Å². The predicted octanol–water partition coefficient (Wildman–Crippen LogP) is 4.67. The van der Waals surface area contributed by atoms with E-state index in [1.807, 2.05) is 6.07 Å². The van der Waals surface area contributed by atoms with Crippen molar-refractivity contribution in [1.82, 2.24) is 0 Å². The van der Waals surface area contributed by atoms with Gasteiger partial charge in [0.2, 0.25) is 0 Å². The van der Waals surface area contributed by atoms with Crippen LogP contribution in [0.4, 0.5) is 4.39 Å². The third kappa shape index (κ3) is 2.28. The summed E-state index contributed by atoms with van der Waals surface area (Å²) in [5.74, 6) is -0.120. The molecule has 0 radical (unpaired) electrons. The molecule has 1 nitrogen and oxygen atoms in total. The lowest BCUT2D eigenvalue weighted by Gasteiger charge is -2.16. The number of ketones is 1. The number of hydrogen-bond donors (Lipinski definition) is 0. The minimum atomic E-state index is -0.300. The third-order valence-corrected chi connectivity index (χ3v) is 3.73. The fourth-order valence-electron chi connectivity index (χ4n) is 2.53. The molecule has 96 valence electrons. The van der Waals surface area contributed by atoms with Crippen molar-refractivity contribution in [3.63, 3.8) is 0 Å². The lowest BCUT2D eigenvalue weighted by atomic mass is 9.88. The van der Waals surface area contributed by atoms with Crippen molar-refractivity contribution in [2.24, 2.45) is 0 Å². The van der Waals surface area contributed by atoms with E-state index >= 15 is 0 Å². The predicted molar refractivity (Wildman–Crippen MR) is 74.1 cm³/mol. The first kappa shape index (κ1) is 12.4. The smallest absolute Gasteiger partial charge is 0.163 e. The number of benzene rings is 2. The van der Waals surface area contributed by atoms with Crippen LogP contribution in [-0.4, -0.2) is 5.78 Å². The molecule has 0 aromatic heterocycles. The highest BCUT2D eigenvalue weighted by atomic mass is 35.5. The normalized spacial score (nSPS) is 14.3. The van der Waals surface area contributed by atoms with Crippen molar-refractivity contribution in [3.8, 4) is 11.1 Å². The molecule has 0 bridgehead atoms. The van der Waals surface area contributed by atoms with Crippen molar-refractivity contribution in [2.75, 3.05) is 0 Å². The van der Waals surface area contributed by atoms with Gasteiger partial charge in [-0.1, -0.05) is 29.8 Å². The van der Waals surface area contributed by atoms with Crippen molar-refractivity contribution in [2.45, 2.75) is 19.3 Å². The summed E-state index contributed by atoms with van der Waals surface area (Å²) in [5.41, 5.74) is 3.03. The maximum atomic E-state index is 13.8. The fraction of sp³-hybridized carbons (Fsp3) is 0.188. The number of fused-ring (bicyclic) bond motifs is 1. The first-order valence-electron chi connectivity index (χ1n) is 6.27. The summed E-state index contributed by atoms with van der Waals surface area (Å²) in [6.45, 7) is 0. The van der Waals surface area contributed by atoms with Gasteiger partial charge >= 0.3 is 0 Å². The Balaban J connectivity index is 2.11. The summed E-state index contributed by atoms with van der Waals surface area (Å²) in [5, 5.41) is 0.505. The second-order valence-corrected chi connectivity index (χ2v) is 5.21. The molecule has 0 saturated carbocycles. The monoisotopic (exact) mass is 274 g/mol. The molecule has 0 unspecified atom stereocenters. The molecule has 1 aliphatic carbocycles. The van der Waals surface area contributed by atoms with E-state index in [1.165, 1.54) is 12.1 Å². The Morgan fingerprint density at radius 2 is 1.84 bits per heavy atom. The zero-order valence-electron chi connectivity index (χ0n) is 10.2. The maximum absolute atomic E-state index is 13.8. The third-order valence-electron chi connectivity index (χ3n) is 3.50. The van der Waals surface area contributed by atoms with Gasteiger partial charge in [0.15, 0.2) is 5.78 Å². The van der Waals surface area contributed by atoms with E-state index in [-0.39, 0.29) is 11.6 Å². The number of halogens is 2. The molecule has 0 fully saturated rings. The molecular formula is C16H12ClFO. The Hall–Kier alpha value is -1.67. The summed E-state index contributed by atoms with van der Waals surface area (Å²) >= 11 is 5.91. The van der Waals surface area contributed by atoms with E-state index in [9.17, 15) is 9.18 Å². The van der Waals surface area contributed by atoms with Gasteiger partial charge in [0, 0.05) is 22.6 Å². The van der Waals surface area contributed by atoms with Gasteiger partial charge in [0.25, 0.3) is 0 Å². The van der Waals surface area contributed by atoms with Gasteiger partial charge in [-0.05, 0) is 42.2 Å². The standard InChI is InChI=1S/C16H12ClFO/c17-12-5-7-15(18)14(9-12)11-4-6-13-10(8-11)2-1-3-16(13)19/h4-9H,1-3H2. The molecule has 0 heterocycles. The molecule has 2 aromatic carbocycles. The van der Waals surface area contributed by atoms with Gasteiger partial charge in [-0.25, -0.2) is 4.39 Å². The topological polar surface area (TPSA) is 17.1 Å². The van der Waals surface area contributed by atoms with Crippen LogP contribution in [0, 0.1) is 5.82 Å². The molecule has 19 heavy (non-hydrogen) atoms. The molecule has 0 N–H and O–H groups in total. The lowest BCUT2D eigenvalue weighted by Crippen LogP contribution is -2.10. The van der Waals surface area contributed by atoms with Crippen LogP contribution in [0.25, 0.3) is 11.1 Å². The first-order chi connectivity index (χ1) is 9.15. The Morgan fingerprint density at radius 1 is 1.00 bits per heavy atom. The number of hydrogen-bond acceptors (Lipinski definition) is 1. The van der Waals surface area contributed by atoms with Gasteiger partial charge < -0.3 is 0 Å². The van der Waals surface area contributed by atoms with Crippen LogP contribution in [0.1, 0.15) is 28.8 Å². The van der Waals surface area contributed by atoms with Crippen molar-refractivity contribution in [1.29, 1.82) is 0 Å². The quantitative estimate of drug-likeness (QED) is 0.739. The molecule has 0 aliphatic heterocycles. The highest BCUT2D eigenvalue weighted by Gasteiger charge is 2.18. The molecule has 2 aromatic rings. The number of rotatable bonds is 1. The first-order valence-corrected chi connectivity index (χ1v) is 6.64. The molecule has 0 atom stereocenters.